The van der Waals surface area contributed by atoms with Gasteiger partial charge in [-0.05, 0) is 29.8 Å². The number of halogens is 1. The van der Waals surface area contributed by atoms with Crippen LogP contribution < -0.4 is 10.6 Å². The van der Waals surface area contributed by atoms with Crippen LogP contribution in [0.4, 0.5) is 5.69 Å². The highest BCUT2D eigenvalue weighted by atomic mass is 35.5. The number of H-pyrrole nitrogens is 1. The number of carbonyl (C=O) groups is 2. The molecule has 1 aromatic heterocycles. The predicted octanol–water partition coefficient (Wildman–Crippen LogP) is 3.51. The molecule has 0 aliphatic carbocycles. The molecule has 25 heavy (non-hydrogen) atoms. The summed E-state index contributed by atoms with van der Waals surface area (Å²) in [7, 11) is 0. The third kappa shape index (κ3) is 4.19. The molecule has 2 aromatic carbocycles. The van der Waals surface area contributed by atoms with Crippen molar-refractivity contribution in [3.8, 4) is 0 Å². The van der Waals surface area contributed by atoms with E-state index < -0.39 is 6.04 Å². The summed E-state index contributed by atoms with van der Waals surface area (Å²) in [4.78, 5) is 27.4. The highest BCUT2D eigenvalue weighted by Gasteiger charge is 2.21. The Balaban J connectivity index is 1.81. The van der Waals surface area contributed by atoms with Crippen LogP contribution in [-0.4, -0.2) is 22.8 Å². The lowest BCUT2D eigenvalue weighted by Crippen LogP contribution is -2.44. The number of anilines is 1. The first-order valence-corrected chi connectivity index (χ1v) is 8.29. The van der Waals surface area contributed by atoms with Crippen molar-refractivity contribution in [3.05, 3.63) is 65.3 Å². The van der Waals surface area contributed by atoms with Crippen LogP contribution in [0.5, 0.6) is 0 Å². The SMILES string of the molecule is CC(=O)NC(Cc1c[nH]c2ccccc12)C(=O)Nc1cccc(Cl)c1. The largest absolute Gasteiger partial charge is 0.361 e. The number of aromatic amines is 1. The molecule has 0 radical (unpaired) electrons. The average Bonchev–Trinajstić information content (AvgIpc) is 2.97. The normalized spacial score (nSPS) is 11.9. The highest BCUT2D eigenvalue weighted by molar-refractivity contribution is 6.30. The monoisotopic (exact) mass is 355 g/mol. The number of para-hydroxylation sites is 1. The Labute approximate surface area is 150 Å². The Hall–Kier alpha value is -2.79. The second-order valence-corrected chi connectivity index (χ2v) is 6.25. The first-order valence-electron chi connectivity index (χ1n) is 7.91. The fraction of sp³-hybridized carbons (Fsp3) is 0.158. The summed E-state index contributed by atoms with van der Waals surface area (Å²) in [5.74, 6) is -0.547. The number of fused-ring (bicyclic) bond motifs is 1. The maximum Gasteiger partial charge on any atom is 0.247 e. The van der Waals surface area contributed by atoms with Crippen LogP contribution >= 0.6 is 11.6 Å². The van der Waals surface area contributed by atoms with E-state index in [0.717, 1.165) is 16.5 Å². The summed E-state index contributed by atoms with van der Waals surface area (Å²) in [6, 6.07) is 14.1. The lowest BCUT2D eigenvalue weighted by atomic mass is 10.0. The summed E-state index contributed by atoms with van der Waals surface area (Å²) < 4.78 is 0. The number of benzene rings is 2. The Bertz CT molecular complexity index is 920. The van der Waals surface area contributed by atoms with Crippen molar-refractivity contribution in [2.75, 3.05) is 5.32 Å². The van der Waals surface area contributed by atoms with Gasteiger partial charge in [-0.1, -0.05) is 35.9 Å². The zero-order chi connectivity index (χ0) is 17.8. The number of carbonyl (C=O) groups excluding carboxylic acids is 2. The smallest absolute Gasteiger partial charge is 0.247 e. The van der Waals surface area contributed by atoms with Gasteiger partial charge in [0.15, 0.2) is 0 Å². The maximum atomic E-state index is 12.6. The summed E-state index contributed by atoms with van der Waals surface area (Å²) in [6.45, 7) is 1.40. The van der Waals surface area contributed by atoms with Gasteiger partial charge in [-0.3, -0.25) is 9.59 Å². The Morgan fingerprint density at radius 3 is 2.72 bits per heavy atom. The van der Waals surface area contributed by atoms with E-state index in [9.17, 15) is 9.59 Å². The quantitative estimate of drug-likeness (QED) is 0.655. The second-order valence-electron chi connectivity index (χ2n) is 5.82. The molecule has 0 bridgehead atoms. The van der Waals surface area contributed by atoms with Gasteiger partial charge in [0.05, 0.1) is 0 Å². The van der Waals surface area contributed by atoms with E-state index in [2.05, 4.69) is 15.6 Å². The molecule has 0 fully saturated rings. The van der Waals surface area contributed by atoms with Crippen LogP contribution in [0, 0.1) is 0 Å². The Morgan fingerprint density at radius 2 is 1.96 bits per heavy atom. The molecule has 0 spiro atoms. The second kappa shape index (κ2) is 7.40. The van der Waals surface area contributed by atoms with Crippen molar-refractivity contribution in [3.63, 3.8) is 0 Å². The van der Waals surface area contributed by atoms with Gasteiger partial charge in [0.2, 0.25) is 11.8 Å². The number of rotatable bonds is 5. The van der Waals surface area contributed by atoms with Crippen molar-refractivity contribution in [1.29, 1.82) is 0 Å². The number of hydrogen-bond acceptors (Lipinski definition) is 2. The Morgan fingerprint density at radius 1 is 1.16 bits per heavy atom. The first kappa shape index (κ1) is 17.0. The summed E-state index contributed by atoms with van der Waals surface area (Å²) >= 11 is 5.95. The molecule has 3 N–H and O–H groups in total. The van der Waals surface area contributed by atoms with Gasteiger partial charge in [0, 0.05) is 41.2 Å². The van der Waals surface area contributed by atoms with Crippen LogP contribution in [0.25, 0.3) is 10.9 Å². The van der Waals surface area contributed by atoms with Gasteiger partial charge in [-0.15, -0.1) is 0 Å². The van der Waals surface area contributed by atoms with Gasteiger partial charge < -0.3 is 15.6 Å². The van der Waals surface area contributed by atoms with E-state index >= 15 is 0 Å². The Kier molecular flexibility index (Phi) is 5.05. The minimum absolute atomic E-state index is 0.258. The minimum atomic E-state index is -0.685. The molecule has 6 heteroatoms. The molecule has 1 heterocycles. The third-order valence-corrected chi connectivity index (χ3v) is 4.12. The molecular formula is C19H18ClN3O2. The van der Waals surface area contributed by atoms with Crippen LogP contribution in [0.3, 0.4) is 0 Å². The lowest BCUT2D eigenvalue weighted by Gasteiger charge is -2.17. The molecule has 3 rings (SSSR count). The van der Waals surface area contributed by atoms with Crippen molar-refractivity contribution in [2.45, 2.75) is 19.4 Å². The molecule has 128 valence electrons. The van der Waals surface area contributed by atoms with E-state index in [1.807, 2.05) is 30.5 Å². The molecular weight excluding hydrogens is 338 g/mol. The van der Waals surface area contributed by atoms with E-state index in [1.54, 1.807) is 24.3 Å². The van der Waals surface area contributed by atoms with E-state index in [1.165, 1.54) is 6.92 Å². The van der Waals surface area contributed by atoms with Gasteiger partial charge in [-0.25, -0.2) is 0 Å². The van der Waals surface area contributed by atoms with E-state index in [4.69, 9.17) is 11.6 Å². The van der Waals surface area contributed by atoms with Gasteiger partial charge >= 0.3 is 0 Å². The topological polar surface area (TPSA) is 74.0 Å². The van der Waals surface area contributed by atoms with Crippen LogP contribution in [0.2, 0.25) is 5.02 Å². The molecule has 0 saturated heterocycles. The summed E-state index contributed by atoms with van der Waals surface area (Å²) in [6.07, 6.45) is 2.25. The van der Waals surface area contributed by atoms with Crippen molar-refractivity contribution < 1.29 is 9.59 Å². The van der Waals surface area contributed by atoms with Crippen molar-refractivity contribution in [1.82, 2.24) is 10.3 Å². The molecule has 0 aliphatic heterocycles. The van der Waals surface area contributed by atoms with Crippen molar-refractivity contribution >= 4 is 40.0 Å². The molecule has 5 nitrogen and oxygen atoms in total. The lowest BCUT2D eigenvalue weighted by molar-refractivity contribution is -0.125. The van der Waals surface area contributed by atoms with Gasteiger partial charge in [0.1, 0.15) is 6.04 Å². The predicted molar refractivity (Wildman–Crippen MR) is 99.7 cm³/mol. The fourth-order valence-electron chi connectivity index (χ4n) is 2.77. The van der Waals surface area contributed by atoms with E-state index in [-0.39, 0.29) is 11.8 Å². The minimum Gasteiger partial charge on any atom is -0.361 e. The van der Waals surface area contributed by atoms with Gasteiger partial charge in [-0.2, -0.15) is 0 Å². The standard InChI is InChI=1S/C19H18ClN3O2/c1-12(24)22-18(19(25)23-15-6-4-5-14(20)10-15)9-13-11-21-17-8-3-2-7-16(13)17/h2-8,10-11,18,21H,9H2,1H3,(H,22,24)(H,23,25). The number of amides is 2. The molecule has 2 amide bonds. The number of nitrogens with one attached hydrogen (secondary N) is 3. The molecule has 3 aromatic rings. The zero-order valence-corrected chi connectivity index (χ0v) is 14.4. The molecule has 0 aliphatic rings. The molecule has 0 saturated carbocycles. The fourth-order valence-corrected chi connectivity index (χ4v) is 2.96. The molecule has 1 unspecified atom stereocenters. The maximum absolute atomic E-state index is 12.6. The first-order chi connectivity index (χ1) is 12.0. The van der Waals surface area contributed by atoms with Gasteiger partial charge in [0.25, 0.3) is 0 Å². The average molecular weight is 356 g/mol. The zero-order valence-electron chi connectivity index (χ0n) is 13.7. The van der Waals surface area contributed by atoms with Crippen LogP contribution in [0.1, 0.15) is 12.5 Å². The van der Waals surface area contributed by atoms with Crippen LogP contribution in [0.15, 0.2) is 54.7 Å². The third-order valence-electron chi connectivity index (χ3n) is 3.89. The number of hydrogen-bond donors (Lipinski definition) is 3. The van der Waals surface area contributed by atoms with E-state index in [0.29, 0.717) is 17.1 Å². The number of aromatic nitrogens is 1. The van der Waals surface area contributed by atoms with Crippen LogP contribution in [-0.2, 0) is 16.0 Å². The summed E-state index contributed by atoms with van der Waals surface area (Å²) in [5, 5.41) is 7.09. The molecule has 1 atom stereocenters. The summed E-state index contributed by atoms with van der Waals surface area (Å²) in [5.41, 5.74) is 2.55. The highest BCUT2D eigenvalue weighted by Crippen LogP contribution is 2.20. The van der Waals surface area contributed by atoms with Crippen molar-refractivity contribution in [2.24, 2.45) is 0 Å².